The standard InChI is InChI=1S/C13H16N6O2/c20-13(9-19-10-14-16-17-19)15-11-3-1-2-4-12(11)18-5-7-21-8-6-18/h1-4,10H,5-9H2,(H,15,20). The van der Waals surface area contributed by atoms with Gasteiger partial charge in [0.2, 0.25) is 5.91 Å². The van der Waals surface area contributed by atoms with Crippen molar-refractivity contribution in [1.29, 1.82) is 0 Å². The fourth-order valence-corrected chi connectivity index (χ4v) is 2.25. The van der Waals surface area contributed by atoms with Crippen LogP contribution in [0.3, 0.4) is 0 Å². The average Bonchev–Trinajstić information content (AvgIpc) is 3.01. The quantitative estimate of drug-likeness (QED) is 0.862. The first-order valence-electron chi connectivity index (χ1n) is 6.75. The van der Waals surface area contributed by atoms with Crippen LogP contribution in [0, 0.1) is 0 Å². The molecule has 0 atom stereocenters. The first-order chi connectivity index (χ1) is 10.3. The summed E-state index contributed by atoms with van der Waals surface area (Å²) in [7, 11) is 0. The van der Waals surface area contributed by atoms with Crippen molar-refractivity contribution >= 4 is 17.3 Å². The molecule has 1 aliphatic rings. The van der Waals surface area contributed by atoms with Crippen molar-refractivity contribution in [2.75, 3.05) is 36.5 Å². The van der Waals surface area contributed by atoms with Crippen molar-refractivity contribution in [1.82, 2.24) is 20.2 Å². The zero-order chi connectivity index (χ0) is 14.5. The predicted molar refractivity (Wildman–Crippen MR) is 75.9 cm³/mol. The van der Waals surface area contributed by atoms with Gasteiger partial charge in [-0.3, -0.25) is 4.79 Å². The first kappa shape index (κ1) is 13.5. The Morgan fingerprint density at radius 1 is 1.29 bits per heavy atom. The number of hydrogen-bond donors (Lipinski definition) is 1. The van der Waals surface area contributed by atoms with E-state index in [1.54, 1.807) is 0 Å². The Morgan fingerprint density at radius 3 is 2.86 bits per heavy atom. The lowest BCUT2D eigenvalue weighted by atomic mass is 10.2. The minimum Gasteiger partial charge on any atom is -0.378 e. The van der Waals surface area contributed by atoms with E-state index in [1.807, 2.05) is 24.3 Å². The fourth-order valence-electron chi connectivity index (χ4n) is 2.25. The number of benzene rings is 1. The number of tetrazole rings is 1. The number of morpholine rings is 1. The summed E-state index contributed by atoms with van der Waals surface area (Å²) in [4.78, 5) is 14.2. The minimum atomic E-state index is -0.164. The summed E-state index contributed by atoms with van der Waals surface area (Å²) in [5.74, 6) is -0.164. The lowest BCUT2D eigenvalue weighted by Crippen LogP contribution is -2.36. The first-order valence-corrected chi connectivity index (χ1v) is 6.75. The van der Waals surface area contributed by atoms with Crippen LogP contribution < -0.4 is 10.2 Å². The van der Waals surface area contributed by atoms with Crippen LogP contribution in [-0.2, 0) is 16.1 Å². The highest BCUT2D eigenvalue weighted by molar-refractivity contribution is 5.94. The van der Waals surface area contributed by atoms with Crippen LogP contribution in [-0.4, -0.2) is 52.4 Å². The Balaban J connectivity index is 1.71. The van der Waals surface area contributed by atoms with E-state index in [0.29, 0.717) is 13.2 Å². The number of carbonyl (C=O) groups excluding carboxylic acids is 1. The number of amides is 1. The molecular weight excluding hydrogens is 272 g/mol. The molecule has 0 saturated carbocycles. The van der Waals surface area contributed by atoms with Gasteiger partial charge < -0.3 is 15.0 Å². The number of para-hydroxylation sites is 2. The normalized spacial score (nSPS) is 15.0. The zero-order valence-electron chi connectivity index (χ0n) is 11.5. The van der Waals surface area contributed by atoms with Crippen molar-refractivity contribution in [3.8, 4) is 0 Å². The summed E-state index contributed by atoms with van der Waals surface area (Å²) in [5.41, 5.74) is 1.79. The van der Waals surface area contributed by atoms with Gasteiger partial charge in [-0.1, -0.05) is 12.1 Å². The minimum absolute atomic E-state index is 0.0877. The molecule has 110 valence electrons. The van der Waals surface area contributed by atoms with Gasteiger partial charge in [-0.05, 0) is 22.6 Å². The number of hydrogen-bond acceptors (Lipinski definition) is 6. The van der Waals surface area contributed by atoms with Gasteiger partial charge in [0.15, 0.2) is 0 Å². The molecule has 21 heavy (non-hydrogen) atoms. The molecular formula is C13H16N6O2. The summed E-state index contributed by atoms with van der Waals surface area (Å²) in [6.45, 7) is 3.13. The second kappa shape index (κ2) is 6.31. The van der Waals surface area contributed by atoms with Gasteiger partial charge in [0.25, 0.3) is 0 Å². The molecule has 8 heteroatoms. The molecule has 1 aromatic heterocycles. The van der Waals surface area contributed by atoms with E-state index in [2.05, 4.69) is 25.7 Å². The molecule has 0 radical (unpaired) electrons. The van der Waals surface area contributed by atoms with Gasteiger partial charge in [0.1, 0.15) is 12.9 Å². The summed E-state index contributed by atoms with van der Waals surface area (Å²) in [5, 5.41) is 13.6. The molecule has 1 fully saturated rings. The maximum absolute atomic E-state index is 12.0. The van der Waals surface area contributed by atoms with Crippen LogP contribution in [0.4, 0.5) is 11.4 Å². The molecule has 1 N–H and O–H groups in total. The van der Waals surface area contributed by atoms with Crippen molar-refractivity contribution in [3.05, 3.63) is 30.6 Å². The second-order valence-corrected chi connectivity index (χ2v) is 4.67. The summed E-state index contributed by atoms with van der Waals surface area (Å²) in [6, 6.07) is 7.75. The molecule has 0 unspecified atom stereocenters. The Morgan fingerprint density at radius 2 is 2.10 bits per heavy atom. The van der Waals surface area contributed by atoms with Crippen molar-refractivity contribution < 1.29 is 9.53 Å². The molecule has 1 saturated heterocycles. The Labute approximate surface area is 121 Å². The van der Waals surface area contributed by atoms with Crippen LogP contribution in [0.15, 0.2) is 30.6 Å². The molecule has 1 aliphatic heterocycles. The summed E-state index contributed by atoms with van der Waals surface area (Å²) >= 11 is 0. The zero-order valence-corrected chi connectivity index (χ0v) is 11.5. The van der Waals surface area contributed by atoms with Crippen molar-refractivity contribution in [3.63, 3.8) is 0 Å². The fraction of sp³-hybridized carbons (Fsp3) is 0.385. The second-order valence-electron chi connectivity index (χ2n) is 4.67. The SMILES string of the molecule is O=C(Cn1cnnn1)Nc1ccccc1N1CCOCC1. The Bertz CT molecular complexity index is 594. The maximum Gasteiger partial charge on any atom is 0.246 e. The number of nitrogens with zero attached hydrogens (tertiary/aromatic N) is 5. The lowest BCUT2D eigenvalue weighted by Gasteiger charge is -2.30. The van der Waals surface area contributed by atoms with Crippen LogP contribution in [0.2, 0.25) is 0 Å². The number of carbonyl (C=O) groups is 1. The lowest BCUT2D eigenvalue weighted by molar-refractivity contribution is -0.116. The van der Waals surface area contributed by atoms with Gasteiger partial charge in [-0.15, -0.1) is 5.10 Å². The van der Waals surface area contributed by atoms with Crippen LogP contribution in [0.5, 0.6) is 0 Å². The molecule has 2 aromatic rings. The Kier molecular flexibility index (Phi) is 4.06. The van der Waals surface area contributed by atoms with E-state index in [1.165, 1.54) is 11.0 Å². The number of anilines is 2. The highest BCUT2D eigenvalue weighted by Crippen LogP contribution is 2.26. The van der Waals surface area contributed by atoms with Crippen molar-refractivity contribution in [2.24, 2.45) is 0 Å². The maximum atomic E-state index is 12.0. The van der Waals surface area contributed by atoms with Crippen LogP contribution in [0.25, 0.3) is 0 Å². The predicted octanol–water partition coefficient (Wildman–Crippen LogP) is 0.148. The van der Waals surface area contributed by atoms with E-state index >= 15 is 0 Å². The number of aromatic nitrogens is 4. The topological polar surface area (TPSA) is 85.2 Å². The number of rotatable bonds is 4. The highest BCUT2D eigenvalue weighted by atomic mass is 16.5. The summed E-state index contributed by atoms with van der Waals surface area (Å²) < 4.78 is 6.74. The molecule has 0 spiro atoms. The van der Waals surface area contributed by atoms with Crippen LogP contribution >= 0.6 is 0 Å². The Hall–Kier alpha value is -2.48. The number of ether oxygens (including phenoxy) is 1. The summed E-state index contributed by atoms with van der Waals surface area (Å²) in [6.07, 6.45) is 1.41. The molecule has 1 amide bonds. The molecule has 2 heterocycles. The largest absolute Gasteiger partial charge is 0.378 e. The van der Waals surface area contributed by atoms with Gasteiger partial charge >= 0.3 is 0 Å². The monoisotopic (exact) mass is 288 g/mol. The average molecular weight is 288 g/mol. The molecule has 8 nitrogen and oxygen atoms in total. The van der Waals surface area contributed by atoms with E-state index in [4.69, 9.17) is 4.74 Å². The third kappa shape index (κ3) is 3.34. The molecule has 1 aromatic carbocycles. The van der Waals surface area contributed by atoms with Gasteiger partial charge in [0, 0.05) is 13.1 Å². The smallest absolute Gasteiger partial charge is 0.246 e. The van der Waals surface area contributed by atoms with E-state index in [9.17, 15) is 4.79 Å². The van der Waals surface area contributed by atoms with E-state index < -0.39 is 0 Å². The third-order valence-electron chi connectivity index (χ3n) is 3.23. The van der Waals surface area contributed by atoms with E-state index in [-0.39, 0.29) is 12.5 Å². The van der Waals surface area contributed by atoms with Gasteiger partial charge in [-0.25, -0.2) is 4.68 Å². The van der Waals surface area contributed by atoms with Gasteiger partial charge in [0.05, 0.1) is 24.6 Å². The number of nitrogens with one attached hydrogen (secondary N) is 1. The van der Waals surface area contributed by atoms with Crippen molar-refractivity contribution in [2.45, 2.75) is 6.54 Å². The molecule has 0 aliphatic carbocycles. The highest BCUT2D eigenvalue weighted by Gasteiger charge is 2.15. The molecule has 0 bridgehead atoms. The van der Waals surface area contributed by atoms with E-state index in [0.717, 1.165) is 24.5 Å². The molecule has 3 rings (SSSR count). The van der Waals surface area contributed by atoms with Gasteiger partial charge in [-0.2, -0.15) is 0 Å². The third-order valence-corrected chi connectivity index (χ3v) is 3.23. The van der Waals surface area contributed by atoms with Crippen LogP contribution in [0.1, 0.15) is 0 Å².